The van der Waals surface area contributed by atoms with Gasteiger partial charge < -0.3 is 5.32 Å². The second kappa shape index (κ2) is 8.02. The predicted octanol–water partition coefficient (Wildman–Crippen LogP) is 4.37. The Bertz CT molecular complexity index is 1100. The van der Waals surface area contributed by atoms with Crippen LogP contribution in [0.15, 0.2) is 66.7 Å². The topological polar surface area (TPSA) is 66.5 Å². The van der Waals surface area contributed by atoms with Crippen molar-refractivity contribution in [3.8, 4) is 0 Å². The minimum absolute atomic E-state index is 0.126. The lowest BCUT2D eigenvalue weighted by molar-refractivity contribution is -0.114. The van der Waals surface area contributed by atoms with Gasteiger partial charge in [-0.15, -0.1) is 0 Å². The summed E-state index contributed by atoms with van der Waals surface area (Å²) in [6.45, 7) is 3.71. The Kier molecular flexibility index (Phi) is 5.70. The smallest absolute Gasteiger partial charge is 0.245 e. The molecule has 0 fully saturated rings. The number of anilines is 2. The van der Waals surface area contributed by atoms with E-state index in [1.165, 1.54) is 4.31 Å². The van der Waals surface area contributed by atoms with Crippen LogP contribution >= 0.6 is 0 Å². The van der Waals surface area contributed by atoms with Gasteiger partial charge in [-0.2, -0.15) is 0 Å². The zero-order valence-electron chi connectivity index (χ0n) is 16.2. The number of carbonyl (C=O) groups is 1. The Labute approximate surface area is 166 Å². The fourth-order valence-corrected chi connectivity index (χ4v) is 4.11. The van der Waals surface area contributed by atoms with Crippen molar-refractivity contribution in [2.24, 2.45) is 0 Å². The van der Waals surface area contributed by atoms with Crippen LogP contribution in [0.5, 0.6) is 0 Å². The lowest BCUT2D eigenvalue weighted by atomic mass is 10.0. The number of nitrogens with zero attached hydrogens (tertiary/aromatic N) is 1. The lowest BCUT2D eigenvalue weighted by Crippen LogP contribution is -2.38. The predicted molar refractivity (Wildman–Crippen MR) is 115 cm³/mol. The second-order valence-electron chi connectivity index (χ2n) is 7.06. The molecule has 28 heavy (non-hydrogen) atoms. The molecule has 0 saturated carbocycles. The summed E-state index contributed by atoms with van der Waals surface area (Å²) in [5, 5.41) is 4.78. The lowest BCUT2D eigenvalue weighted by Gasteiger charge is -2.25. The molecule has 6 heteroatoms. The van der Waals surface area contributed by atoms with Gasteiger partial charge in [0.25, 0.3) is 0 Å². The standard InChI is InChI=1S/C22H24N2O3S/c1-16(2)18-11-6-7-14-21(18)24(28(3,26)27)15-22(25)23-20-13-8-10-17-9-4-5-12-19(17)20/h4-14,16H,15H2,1-3H3,(H,23,25). The van der Waals surface area contributed by atoms with E-state index < -0.39 is 10.0 Å². The molecule has 0 atom stereocenters. The van der Waals surface area contributed by atoms with E-state index in [1.54, 1.807) is 12.1 Å². The quantitative estimate of drug-likeness (QED) is 0.673. The molecule has 146 valence electrons. The van der Waals surface area contributed by atoms with Crippen molar-refractivity contribution >= 4 is 38.1 Å². The molecule has 0 spiro atoms. The van der Waals surface area contributed by atoms with E-state index in [9.17, 15) is 13.2 Å². The summed E-state index contributed by atoms with van der Waals surface area (Å²) in [6, 6.07) is 20.6. The monoisotopic (exact) mass is 396 g/mol. The number of rotatable bonds is 6. The number of sulfonamides is 1. The molecule has 3 rings (SSSR count). The van der Waals surface area contributed by atoms with Crippen LogP contribution in [0.2, 0.25) is 0 Å². The summed E-state index contributed by atoms with van der Waals surface area (Å²) < 4.78 is 26.1. The molecule has 3 aromatic carbocycles. The number of para-hydroxylation sites is 1. The third kappa shape index (κ3) is 4.34. The van der Waals surface area contributed by atoms with Gasteiger partial charge >= 0.3 is 0 Å². The van der Waals surface area contributed by atoms with Gasteiger partial charge in [0.15, 0.2) is 0 Å². The first-order chi connectivity index (χ1) is 13.3. The molecule has 1 N–H and O–H groups in total. The van der Waals surface area contributed by atoms with Gasteiger partial charge in [-0.1, -0.05) is 68.4 Å². The van der Waals surface area contributed by atoms with Gasteiger partial charge in [-0.05, 0) is 29.0 Å². The van der Waals surface area contributed by atoms with Crippen LogP contribution in [-0.4, -0.2) is 27.1 Å². The fraction of sp³-hybridized carbons (Fsp3) is 0.227. The number of benzene rings is 3. The number of carbonyl (C=O) groups excluding carboxylic acids is 1. The molecule has 0 aliphatic carbocycles. The Hall–Kier alpha value is -2.86. The molecule has 5 nitrogen and oxygen atoms in total. The van der Waals surface area contributed by atoms with Crippen molar-refractivity contribution in [3.05, 3.63) is 72.3 Å². The summed E-state index contributed by atoms with van der Waals surface area (Å²) in [4.78, 5) is 12.8. The summed E-state index contributed by atoms with van der Waals surface area (Å²) in [6.07, 6.45) is 1.12. The van der Waals surface area contributed by atoms with Crippen molar-refractivity contribution in [2.45, 2.75) is 19.8 Å². The maximum absolute atomic E-state index is 12.8. The minimum Gasteiger partial charge on any atom is -0.324 e. The van der Waals surface area contributed by atoms with E-state index in [-0.39, 0.29) is 18.4 Å². The maximum Gasteiger partial charge on any atom is 0.245 e. The first-order valence-corrected chi connectivity index (χ1v) is 11.0. The number of fused-ring (bicyclic) bond motifs is 1. The number of nitrogens with one attached hydrogen (secondary N) is 1. The third-order valence-corrected chi connectivity index (χ3v) is 5.71. The van der Waals surface area contributed by atoms with Crippen LogP contribution in [0.4, 0.5) is 11.4 Å². The van der Waals surface area contributed by atoms with Crippen LogP contribution in [0, 0.1) is 0 Å². The number of hydrogen-bond donors (Lipinski definition) is 1. The van der Waals surface area contributed by atoms with E-state index >= 15 is 0 Å². The van der Waals surface area contributed by atoms with Crippen LogP contribution in [-0.2, 0) is 14.8 Å². The molecule has 1 amide bonds. The van der Waals surface area contributed by atoms with Crippen molar-refractivity contribution in [1.29, 1.82) is 0 Å². The minimum atomic E-state index is -3.63. The normalized spacial score (nSPS) is 11.6. The molecule has 3 aromatic rings. The highest BCUT2D eigenvalue weighted by molar-refractivity contribution is 7.92. The van der Waals surface area contributed by atoms with E-state index in [0.29, 0.717) is 11.4 Å². The molecular weight excluding hydrogens is 372 g/mol. The van der Waals surface area contributed by atoms with Crippen molar-refractivity contribution in [1.82, 2.24) is 0 Å². The van der Waals surface area contributed by atoms with Crippen molar-refractivity contribution < 1.29 is 13.2 Å². The SMILES string of the molecule is CC(C)c1ccccc1N(CC(=O)Nc1cccc2ccccc12)S(C)(=O)=O. The molecule has 0 heterocycles. The first-order valence-electron chi connectivity index (χ1n) is 9.11. The highest BCUT2D eigenvalue weighted by atomic mass is 32.2. The largest absolute Gasteiger partial charge is 0.324 e. The van der Waals surface area contributed by atoms with Gasteiger partial charge in [0.1, 0.15) is 6.54 Å². The zero-order valence-corrected chi connectivity index (χ0v) is 17.0. The number of hydrogen-bond acceptors (Lipinski definition) is 3. The summed E-state index contributed by atoms with van der Waals surface area (Å²) in [5.74, 6) is -0.262. The van der Waals surface area contributed by atoms with Gasteiger partial charge in [0, 0.05) is 11.1 Å². The van der Waals surface area contributed by atoms with E-state index in [2.05, 4.69) is 5.32 Å². The molecule has 0 aliphatic heterocycles. The highest BCUT2D eigenvalue weighted by Crippen LogP contribution is 2.29. The maximum atomic E-state index is 12.8. The second-order valence-corrected chi connectivity index (χ2v) is 8.96. The average molecular weight is 397 g/mol. The number of amides is 1. The summed E-state index contributed by atoms with van der Waals surface area (Å²) >= 11 is 0. The average Bonchev–Trinajstić information content (AvgIpc) is 2.65. The molecule has 0 saturated heterocycles. The molecule has 0 unspecified atom stereocenters. The Morgan fingerprint density at radius 1 is 0.964 bits per heavy atom. The van der Waals surface area contributed by atoms with Gasteiger partial charge in [0.2, 0.25) is 15.9 Å². The molecule has 0 aromatic heterocycles. The zero-order chi connectivity index (χ0) is 20.3. The third-order valence-electron chi connectivity index (χ3n) is 4.58. The molecular formula is C22H24N2O3S. The fourth-order valence-electron chi connectivity index (χ4n) is 3.24. The van der Waals surface area contributed by atoms with E-state index in [4.69, 9.17) is 0 Å². The van der Waals surface area contributed by atoms with Gasteiger partial charge in [0.05, 0.1) is 11.9 Å². The van der Waals surface area contributed by atoms with Crippen LogP contribution in [0.1, 0.15) is 25.3 Å². The highest BCUT2D eigenvalue weighted by Gasteiger charge is 2.24. The van der Waals surface area contributed by atoms with E-state index in [0.717, 1.165) is 22.6 Å². The molecule has 0 bridgehead atoms. The van der Waals surface area contributed by atoms with Crippen LogP contribution in [0.3, 0.4) is 0 Å². The summed E-state index contributed by atoms with van der Waals surface area (Å²) in [7, 11) is -3.63. The Morgan fingerprint density at radius 2 is 1.61 bits per heavy atom. The van der Waals surface area contributed by atoms with Crippen LogP contribution in [0.25, 0.3) is 10.8 Å². The Balaban J connectivity index is 1.91. The Morgan fingerprint density at radius 3 is 2.32 bits per heavy atom. The van der Waals surface area contributed by atoms with Crippen molar-refractivity contribution in [2.75, 3.05) is 22.4 Å². The van der Waals surface area contributed by atoms with Crippen LogP contribution < -0.4 is 9.62 Å². The molecule has 0 radical (unpaired) electrons. The van der Waals surface area contributed by atoms with Gasteiger partial charge in [-0.25, -0.2) is 8.42 Å². The molecule has 0 aliphatic rings. The van der Waals surface area contributed by atoms with E-state index in [1.807, 2.05) is 68.4 Å². The van der Waals surface area contributed by atoms with Gasteiger partial charge in [-0.3, -0.25) is 9.10 Å². The first kappa shape index (κ1) is 19.9. The van der Waals surface area contributed by atoms with Crippen molar-refractivity contribution in [3.63, 3.8) is 0 Å². The summed E-state index contributed by atoms with van der Waals surface area (Å²) in [5.41, 5.74) is 2.08.